The van der Waals surface area contributed by atoms with Crippen molar-refractivity contribution >= 4 is 17.5 Å². The number of carbonyl (C=O) groups excluding carboxylic acids is 2. The number of piperidine rings is 1. The summed E-state index contributed by atoms with van der Waals surface area (Å²) in [5.74, 6) is 0.0786. The molecule has 0 bridgehead atoms. The fourth-order valence-corrected chi connectivity index (χ4v) is 4.44. The average Bonchev–Trinajstić information content (AvgIpc) is 2.79. The molecule has 2 aromatic rings. The van der Waals surface area contributed by atoms with E-state index in [-0.39, 0.29) is 23.7 Å². The summed E-state index contributed by atoms with van der Waals surface area (Å²) in [6.45, 7) is 4.66. The Morgan fingerprint density at radius 1 is 0.967 bits per heavy atom. The number of carbonyl (C=O) groups is 2. The average molecular weight is 407 g/mol. The third-order valence-corrected chi connectivity index (χ3v) is 6.16. The van der Waals surface area contributed by atoms with Crippen molar-refractivity contribution in [2.75, 3.05) is 31.6 Å². The molecule has 0 radical (unpaired) electrons. The van der Waals surface area contributed by atoms with Crippen molar-refractivity contribution < 1.29 is 14.3 Å². The van der Waals surface area contributed by atoms with Gasteiger partial charge in [-0.3, -0.25) is 9.59 Å². The molecule has 0 saturated carbocycles. The topological polar surface area (TPSA) is 58.6 Å². The Morgan fingerprint density at radius 3 is 2.47 bits per heavy atom. The van der Waals surface area contributed by atoms with Gasteiger partial charge < -0.3 is 15.0 Å². The maximum absolute atomic E-state index is 12.9. The van der Waals surface area contributed by atoms with Crippen LogP contribution in [0.1, 0.15) is 31.2 Å². The summed E-state index contributed by atoms with van der Waals surface area (Å²) < 4.78 is 5.38. The van der Waals surface area contributed by atoms with E-state index < -0.39 is 0 Å². The van der Waals surface area contributed by atoms with E-state index in [9.17, 15) is 9.59 Å². The van der Waals surface area contributed by atoms with Crippen LogP contribution in [0.25, 0.3) is 11.1 Å². The zero-order chi connectivity index (χ0) is 20.9. The van der Waals surface area contributed by atoms with E-state index in [0.29, 0.717) is 19.8 Å². The fourth-order valence-electron chi connectivity index (χ4n) is 4.44. The Kier molecular flexibility index (Phi) is 6.48. The van der Waals surface area contributed by atoms with Crippen LogP contribution >= 0.6 is 0 Å². The second kappa shape index (κ2) is 9.43. The highest BCUT2D eigenvalue weighted by Crippen LogP contribution is 2.26. The van der Waals surface area contributed by atoms with Crippen molar-refractivity contribution in [2.24, 2.45) is 11.8 Å². The molecule has 2 aromatic carbocycles. The molecular formula is C25H30N2O3. The quantitative estimate of drug-likeness (QED) is 0.825. The molecule has 1 N–H and O–H groups in total. The summed E-state index contributed by atoms with van der Waals surface area (Å²) in [6, 6.07) is 16.3. The van der Waals surface area contributed by atoms with E-state index in [1.165, 1.54) is 5.56 Å². The third-order valence-electron chi connectivity index (χ3n) is 6.16. The molecule has 0 aromatic heterocycles. The summed E-state index contributed by atoms with van der Waals surface area (Å²) in [7, 11) is 0. The number of anilines is 1. The first-order valence-corrected chi connectivity index (χ1v) is 10.9. The third kappa shape index (κ3) is 4.90. The molecule has 2 aliphatic heterocycles. The fraction of sp³-hybridized carbons (Fsp3) is 0.440. The van der Waals surface area contributed by atoms with Crippen LogP contribution in [0, 0.1) is 18.8 Å². The van der Waals surface area contributed by atoms with Crippen molar-refractivity contribution in [1.82, 2.24) is 4.90 Å². The summed E-state index contributed by atoms with van der Waals surface area (Å²) >= 11 is 0. The Hall–Kier alpha value is -2.66. The normalized spacial score (nSPS) is 20.0. The van der Waals surface area contributed by atoms with Crippen molar-refractivity contribution in [3.63, 3.8) is 0 Å². The summed E-state index contributed by atoms with van der Waals surface area (Å²) in [6.07, 6.45) is 3.27. The predicted octanol–water partition coefficient (Wildman–Crippen LogP) is 4.27. The molecule has 1 unspecified atom stereocenters. The zero-order valence-corrected chi connectivity index (χ0v) is 17.6. The molecule has 2 heterocycles. The molecule has 5 heteroatoms. The predicted molar refractivity (Wildman–Crippen MR) is 118 cm³/mol. The highest BCUT2D eigenvalue weighted by Gasteiger charge is 2.32. The lowest BCUT2D eigenvalue weighted by Crippen LogP contribution is -2.46. The Labute approximate surface area is 178 Å². The van der Waals surface area contributed by atoms with Gasteiger partial charge in [0.1, 0.15) is 0 Å². The number of nitrogens with one attached hydrogen (secondary N) is 1. The molecule has 5 nitrogen and oxygen atoms in total. The van der Waals surface area contributed by atoms with Crippen molar-refractivity contribution in [2.45, 2.75) is 32.6 Å². The van der Waals surface area contributed by atoms with Crippen LogP contribution in [0.4, 0.5) is 5.69 Å². The summed E-state index contributed by atoms with van der Waals surface area (Å²) in [5.41, 5.74) is 4.22. The van der Waals surface area contributed by atoms with Gasteiger partial charge in [-0.1, -0.05) is 42.0 Å². The van der Waals surface area contributed by atoms with Crippen LogP contribution in [0.15, 0.2) is 48.5 Å². The molecule has 4 rings (SSSR count). The molecule has 0 spiro atoms. The number of amides is 2. The number of hydrogen-bond acceptors (Lipinski definition) is 3. The van der Waals surface area contributed by atoms with E-state index in [1.54, 1.807) is 0 Å². The van der Waals surface area contributed by atoms with Crippen LogP contribution in [-0.4, -0.2) is 43.0 Å². The molecule has 2 amide bonds. The molecule has 2 saturated heterocycles. The summed E-state index contributed by atoms with van der Waals surface area (Å²) in [5, 5.41) is 3.08. The number of aryl methyl sites for hydroxylation is 1. The van der Waals surface area contributed by atoms with Crippen molar-refractivity contribution in [1.29, 1.82) is 0 Å². The largest absolute Gasteiger partial charge is 0.381 e. The lowest BCUT2D eigenvalue weighted by molar-refractivity contribution is -0.141. The van der Waals surface area contributed by atoms with E-state index in [4.69, 9.17) is 4.74 Å². The van der Waals surface area contributed by atoms with E-state index in [2.05, 4.69) is 36.5 Å². The smallest absolute Gasteiger partial charge is 0.229 e. The van der Waals surface area contributed by atoms with Crippen molar-refractivity contribution in [3.05, 3.63) is 54.1 Å². The second-order valence-electron chi connectivity index (χ2n) is 8.45. The van der Waals surface area contributed by atoms with Gasteiger partial charge in [0.25, 0.3) is 0 Å². The maximum atomic E-state index is 12.9. The van der Waals surface area contributed by atoms with Crippen LogP contribution in [0.3, 0.4) is 0 Å². The second-order valence-corrected chi connectivity index (χ2v) is 8.45. The Bertz CT molecular complexity index is 905. The number of hydrogen-bond donors (Lipinski definition) is 1. The van der Waals surface area contributed by atoms with Gasteiger partial charge in [-0.2, -0.15) is 0 Å². The first kappa shape index (κ1) is 20.6. The first-order valence-electron chi connectivity index (χ1n) is 10.9. The van der Waals surface area contributed by atoms with Crippen molar-refractivity contribution in [3.8, 4) is 11.1 Å². The van der Waals surface area contributed by atoms with Gasteiger partial charge in [0, 0.05) is 37.9 Å². The van der Waals surface area contributed by atoms with E-state index in [0.717, 1.165) is 49.0 Å². The molecule has 30 heavy (non-hydrogen) atoms. The van der Waals surface area contributed by atoms with Crippen LogP contribution in [0.2, 0.25) is 0 Å². The standard InChI is InChI=1S/C25H30N2O3/c1-18-5-2-6-20(15-18)21-7-3-9-23(16-21)26-24(28)22-8-4-12-27(17-22)25(29)19-10-13-30-14-11-19/h2-3,5-7,9,15-16,19,22H,4,8,10-14,17H2,1H3,(H,26,28). The van der Waals surface area contributed by atoms with Gasteiger partial charge in [0.2, 0.25) is 11.8 Å². The Balaban J connectivity index is 1.40. The van der Waals surface area contributed by atoms with Crippen LogP contribution in [0.5, 0.6) is 0 Å². The lowest BCUT2D eigenvalue weighted by atomic mass is 9.93. The maximum Gasteiger partial charge on any atom is 0.229 e. The summed E-state index contributed by atoms with van der Waals surface area (Å²) in [4.78, 5) is 27.7. The minimum absolute atomic E-state index is 0.000805. The molecule has 2 aliphatic rings. The molecular weight excluding hydrogens is 376 g/mol. The molecule has 1 atom stereocenters. The molecule has 158 valence electrons. The highest BCUT2D eigenvalue weighted by molar-refractivity contribution is 5.94. The van der Waals surface area contributed by atoms with E-state index in [1.807, 2.05) is 29.2 Å². The van der Waals surface area contributed by atoms with Crippen LogP contribution < -0.4 is 5.32 Å². The van der Waals surface area contributed by atoms with E-state index >= 15 is 0 Å². The number of likely N-dealkylation sites (tertiary alicyclic amines) is 1. The number of ether oxygens (including phenoxy) is 1. The number of benzene rings is 2. The SMILES string of the molecule is Cc1cccc(-c2cccc(NC(=O)C3CCCN(C(=O)C4CCOCC4)C3)c2)c1. The van der Waals surface area contributed by atoms with Gasteiger partial charge in [0.15, 0.2) is 0 Å². The number of rotatable bonds is 4. The number of nitrogens with zero attached hydrogens (tertiary/aromatic N) is 1. The molecule has 2 fully saturated rings. The van der Waals surface area contributed by atoms with Gasteiger partial charge in [-0.15, -0.1) is 0 Å². The van der Waals surface area contributed by atoms with Gasteiger partial charge >= 0.3 is 0 Å². The minimum atomic E-state index is -0.162. The van der Waals surface area contributed by atoms with Gasteiger partial charge in [-0.05, 0) is 55.9 Å². The minimum Gasteiger partial charge on any atom is -0.381 e. The monoisotopic (exact) mass is 406 g/mol. The Morgan fingerprint density at radius 2 is 1.70 bits per heavy atom. The zero-order valence-electron chi connectivity index (χ0n) is 17.6. The lowest BCUT2D eigenvalue weighted by Gasteiger charge is -2.35. The van der Waals surface area contributed by atoms with Gasteiger partial charge in [0.05, 0.1) is 5.92 Å². The first-order chi connectivity index (χ1) is 14.6. The molecule has 0 aliphatic carbocycles. The van der Waals surface area contributed by atoms with Gasteiger partial charge in [-0.25, -0.2) is 0 Å². The van der Waals surface area contributed by atoms with Crippen LogP contribution in [-0.2, 0) is 14.3 Å². The highest BCUT2D eigenvalue weighted by atomic mass is 16.5.